The summed E-state index contributed by atoms with van der Waals surface area (Å²) in [6, 6.07) is 4.88. The second-order valence-corrected chi connectivity index (χ2v) is 5.57. The number of aliphatic hydroxyl groups is 2. The molecule has 0 aliphatic heterocycles. The smallest absolute Gasteiger partial charge is 0.137 e. The molecule has 7 heteroatoms. The topological polar surface area (TPSA) is 71.2 Å². The number of aliphatic hydroxyl groups excluding tert-OH is 1. The molecular formula is C13H15Cl2N3O2. The average Bonchev–Trinajstić information content (AvgIpc) is 2.90. The highest BCUT2D eigenvalue weighted by atomic mass is 35.5. The van der Waals surface area contributed by atoms with Gasteiger partial charge < -0.3 is 10.2 Å². The van der Waals surface area contributed by atoms with Gasteiger partial charge in [0.2, 0.25) is 0 Å². The summed E-state index contributed by atoms with van der Waals surface area (Å²) in [7, 11) is 0. The Bertz CT molecular complexity index is 577. The average molecular weight is 316 g/mol. The summed E-state index contributed by atoms with van der Waals surface area (Å²) < 4.78 is 1.50. The van der Waals surface area contributed by atoms with E-state index in [9.17, 15) is 10.2 Å². The van der Waals surface area contributed by atoms with Crippen molar-refractivity contribution in [1.29, 1.82) is 0 Å². The van der Waals surface area contributed by atoms with Crippen LogP contribution in [0.25, 0.3) is 0 Å². The maximum Gasteiger partial charge on any atom is 0.137 e. The van der Waals surface area contributed by atoms with E-state index in [1.807, 2.05) is 0 Å². The minimum atomic E-state index is -1.37. The monoisotopic (exact) mass is 315 g/mol. The van der Waals surface area contributed by atoms with Gasteiger partial charge >= 0.3 is 0 Å². The van der Waals surface area contributed by atoms with Gasteiger partial charge in [0, 0.05) is 28.1 Å². The quantitative estimate of drug-likeness (QED) is 0.886. The van der Waals surface area contributed by atoms with Crippen LogP contribution < -0.4 is 0 Å². The Balaban J connectivity index is 2.45. The molecule has 2 rings (SSSR count). The van der Waals surface area contributed by atoms with Crippen molar-refractivity contribution in [3.63, 3.8) is 0 Å². The molecular weight excluding hydrogens is 301 g/mol. The number of hydrogen-bond donors (Lipinski definition) is 2. The van der Waals surface area contributed by atoms with E-state index in [2.05, 4.69) is 10.1 Å². The largest absolute Gasteiger partial charge is 0.396 e. The molecule has 108 valence electrons. The lowest BCUT2D eigenvalue weighted by Gasteiger charge is -2.34. The number of hydrogen-bond acceptors (Lipinski definition) is 4. The van der Waals surface area contributed by atoms with Crippen LogP contribution in [0, 0.1) is 5.92 Å². The van der Waals surface area contributed by atoms with Crippen LogP contribution >= 0.6 is 23.2 Å². The zero-order valence-electron chi connectivity index (χ0n) is 10.9. The summed E-state index contributed by atoms with van der Waals surface area (Å²) in [5, 5.41) is 25.3. The van der Waals surface area contributed by atoms with E-state index < -0.39 is 11.5 Å². The minimum Gasteiger partial charge on any atom is -0.396 e. The van der Waals surface area contributed by atoms with Gasteiger partial charge in [0.05, 0.1) is 6.54 Å². The fourth-order valence-electron chi connectivity index (χ4n) is 2.06. The lowest BCUT2D eigenvalue weighted by molar-refractivity contribution is -0.0539. The molecule has 0 fully saturated rings. The molecule has 0 aliphatic rings. The molecule has 0 amide bonds. The molecule has 2 N–H and O–H groups in total. The van der Waals surface area contributed by atoms with Gasteiger partial charge in [-0.15, -0.1) is 0 Å². The fraction of sp³-hybridized carbons (Fsp3) is 0.385. The number of nitrogens with zero attached hydrogens (tertiary/aromatic N) is 3. The van der Waals surface area contributed by atoms with Crippen LogP contribution in [0.15, 0.2) is 30.9 Å². The van der Waals surface area contributed by atoms with Crippen LogP contribution in [0.3, 0.4) is 0 Å². The first kappa shape index (κ1) is 15.3. The number of aromatic nitrogens is 3. The van der Waals surface area contributed by atoms with E-state index in [0.29, 0.717) is 15.6 Å². The van der Waals surface area contributed by atoms with E-state index >= 15 is 0 Å². The first-order valence-corrected chi connectivity index (χ1v) is 6.84. The summed E-state index contributed by atoms with van der Waals surface area (Å²) in [6.07, 6.45) is 2.88. The Morgan fingerprint density at radius 2 is 2.15 bits per heavy atom. The normalized spacial score (nSPS) is 15.8. The Kier molecular flexibility index (Phi) is 4.65. The van der Waals surface area contributed by atoms with Crippen molar-refractivity contribution in [2.45, 2.75) is 19.1 Å². The van der Waals surface area contributed by atoms with E-state index in [0.717, 1.165) is 0 Å². The van der Waals surface area contributed by atoms with E-state index in [-0.39, 0.29) is 13.2 Å². The van der Waals surface area contributed by atoms with Gasteiger partial charge in [0.25, 0.3) is 0 Å². The molecule has 0 bridgehead atoms. The third-order valence-corrected chi connectivity index (χ3v) is 3.90. The Morgan fingerprint density at radius 3 is 2.70 bits per heavy atom. The number of halogens is 2. The third kappa shape index (κ3) is 2.96. The van der Waals surface area contributed by atoms with Crippen molar-refractivity contribution in [3.05, 3.63) is 46.5 Å². The summed E-state index contributed by atoms with van der Waals surface area (Å²) in [5.74, 6) is -0.439. The number of benzene rings is 1. The van der Waals surface area contributed by atoms with Crippen molar-refractivity contribution in [3.8, 4) is 0 Å². The van der Waals surface area contributed by atoms with E-state index in [1.54, 1.807) is 25.1 Å². The molecule has 0 spiro atoms. The summed E-state index contributed by atoms with van der Waals surface area (Å²) >= 11 is 12.1. The van der Waals surface area contributed by atoms with Gasteiger partial charge in [-0.3, -0.25) is 0 Å². The molecule has 1 aromatic carbocycles. The molecule has 2 aromatic rings. The predicted octanol–water partition coefficient (Wildman–Crippen LogP) is 2.10. The lowest BCUT2D eigenvalue weighted by atomic mass is 9.82. The SMILES string of the molecule is C[C@H](CO)[C@@](O)(Cn1cncn1)c1ccc(Cl)cc1Cl. The van der Waals surface area contributed by atoms with E-state index in [4.69, 9.17) is 23.2 Å². The lowest BCUT2D eigenvalue weighted by Crippen LogP contribution is -2.40. The second-order valence-electron chi connectivity index (χ2n) is 4.73. The van der Waals surface area contributed by atoms with Gasteiger partial charge in [-0.1, -0.05) is 36.2 Å². The molecule has 1 aromatic heterocycles. The molecule has 0 radical (unpaired) electrons. The van der Waals surface area contributed by atoms with Crippen molar-refractivity contribution in [2.75, 3.05) is 6.61 Å². The van der Waals surface area contributed by atoms with Crippen LogP contribution in [0.4, 0.5) is 0 Å². The Hall–Kier alpha value is -1.14. The van der Waals surface area contributed by atoms with Crippen molar-refractivity contribution >= 4 is 23.2 Å². The van der Waals surface area contributed by atoms with Crippen LogP contribution in [0.1, 0.15) is 12.5 Å². The van der Waals surface area contributed by atoms with Crippen LogP contribution in [-0.2, 0) is 12.1 Å². The third-order valence-electron chi connectivity index (χ3n) is 3.36. The Morgan fingerprint density at radius 1 is 1.40 bits per heavy atom. The standard InChI is InChI=1S/C13H15Cl2N3O2/c1-9(5-19)13(20,6-18-8-16-7-17-18)11-3-2-10(14)4-12(11)15/h2-4,7-9,19-20H,5-6H2,1H3/t9-,13+/m1/s1. The first-order chi connectivity index (χ1) is 9.47. The van der Waals surface area contributed by atoms with Gasteiger partial charge in [-0.25, -0.2) is 9.67 Å². The summed E-state index contributed by atoms with van der Waals surface area (Å²) in [4.78, 5) is 3.85. The minimum absolute atomic E-state index is 0.135. The molecule has 2 atom stereocenters. The van der Waals surface area contributed by atoms with Crippen molar-refractivity contribution in [2.24, 2.45) is 5.92 Å². The zero-order valence-corrected chi connectivity index (χ0v) is 12.4. The summed E-state index contributed by atoms with van der Waals surface area (Å²) in [5.41, 5.74) is -0.870. The summed E-state index contributed by atoms with van der Waals surface area (Å²) in [6.45, 7) is 1.68. The van der Waals surface area contributed by atoms with Gasteiger partial charge in [-0.05, 0) is 12.1 Å². The van der Waals surface area contributed by atoms with Crippen LogP contribution in [0.2, 0.25) is 10.0 Å². The second kappa shape index (κ2) is 6.10. The van der Waals surface area contributed by atoms with Gasteiger partial charge in [0.15, 0.2) is 0 Å². The molecule has 0 saturated heterocycles. The van der Waals surface area contributed by atoms with Crippen molar-refractivity contribution < 1.29 is 10.2 Å². The number of rotatable bonds is 5. The molecule has 1 heterocycles. The highest BCUT2D eigenvalue weighted by Crippen LogP contribution is 2.36. The van der Waals surface area contributed by atoms with Crippen LogP contribution in [-0.4, -0.2) is 31.6 Å². The molecule has 0 saturated carbocycles. The highest BCUT2D eigenvalue weighted by molar-refractivity contribution is 6.35. The fourth-order valence-corrected chi connectivity index (χ4v) is 2.63. The maximum absolute atomic E-state index is 11.0. The van der Waals surface area contributed by atoms with Gasteiger partial charge in [-0.2, -0.15) is 5.10 Å². The van der Waals surface area contributed by atoms with Gasteiger partial charge in [0.1, 0.15) is 18.3 Å². The molecule has 0 unspecified atom stereocenters. The molecule has 20 heavy (non-hydrogen) atoms. The zero-order chi connectivity index (χ0) is 14.8. The molecule has 5 nitrogen and oxygen atoms in total. The van der Waals surface area contributed by atoms with E-state index in [1.165, 1.54) is 17.3 Å². The Labute approximate surface area is 126 Å². The predicted molar refractivity (Wildman–Crippen MR) is 76.6 cm³/mol. The van der Waals surface area contributed by atoms with Crippen LogP contribution in [0.5, 0.6) is 0 Å². The first-order valence-electron chi connectivity index (χ1n) is 6.08. The highest BCUT2D eigenvalue weighted by Gasteiger charge is 2.38. The van der Waals surface area contributed by atoms with Crippen molar-refractivity contribution in [1.82, 2.24) is 14.8 Å². The molecule has 0 aliphatic carbocycles. The maximum atomic E-state index is 11.0.